The second-order valence-electron chi connectivity index (χ2n) is 5.18. The van der Waals surface area contributed by atoms with E-state index in [0.29, 0.717) is 5.95 Å². The lowest BCUT2D eigenvalue weighted by atomic mass is 10.1. The zero-order chi connectivity index (χ0) is 14.7. The van der Waals surface area contributed by atoms with Crippen LogP contribution in [0.2, 0.25) is 0 Å². The maximum Gasteiger partial charge on any atom is 0.250 e. The highest BCUT2D eigenvalue weighted by molar-refractivity contribution is 5.29. The number of hydrogen-bond donors (Lipinski definition) is 1. The topological polar surface area (TPSA) is 69.6 Å². The summed E-state index contributed by atoms with van der Waals surface area (Å²) in [5, 5.41) is 4.53. The van der Waals surface area contributed by atoms with Crippen molar-refractivity contribution in [1.82, 2.24) is 19.7 Å². The molecule has 2 aromatic rings. The zero-order valence-electron chi connectivity index (χ0n) is 12.7. The largest absolute Gasteiger partial charge is 0.327 e. The van der Waals surface area contributed by atoms with Gasteiger partial charge in [0.05, 0.1) is 5.69 Å². The highest BCUT2D eigenvalue weighted by Gasteiger charge is 2.13. The van der Waals surface area contributed by atoms with Crippen molar-refractivity contribution in [3.8, 4) is 5.95 Å². The van der Waals surface area contributed by atoms with Gasteiger partial charge in [0, 0.05) is 24.1 Å². The molecule has 20 heavy (non-hydrogen) atoms. The molecule has 0 fully saturated rings. The average Bonchev–Trinajstić information content (AvgIpc) is 2.74. The molecule has 0 aliphatic heterocycles. The summed E-state index contributed by atoms with van der Waals surface area (Å²) in [5.41, 5.74) is 10.4. The van der Waals surface area contributed by atoms with Crippen LogP contribution in [0.4, 0.5) is 0 Å². The van der Waals surface area contributed by atoms with Crippen LogP contribution in [0.3, 0.4) is 0 Å². The van der Waals surface area contributed by atoms with Crippen molar-refractivity contribution >= 4 is 0 Å². The van der Waals surface area contributed by atoms with Gasteiger partial charge in [-0.1, -0.05) is 13.8 Å². The summed E-state index contributed by atoms with van der Waals surface area (Å²) in [6.07, 6.45) is 6.44. The van der Waals surface area contributed by atoms with E-state index in [4.69, 9.17) is 5.73 Å². The number of aryl methyl sites for hydroxylation is 1. The molecule has 0 spiro atoms. The van der Waals surface area contributed by atoms with Gasteiger partial charge in [0.15, 0.2) is 0 Å². The van der Waals surface area contributed by atoms with Crippen molar-refractivity contribution in [1.29, 1.82) is 0 Å². The molecule has 2 heterocycles. The summed E-state index contributed by atoms with van der Waals surface area (Å²) < 4.78 is 1.82. The van der Waals surface area contributed by atoms with E-state index in [2.05, 4.69) is 35.8 Å². The number of aromatic nitrogens is 4. The average molecular weight is 273 g/mol. The molecule has 2 aromatic heterocycles. The fraction of sp³-hybridized carbons (Fsp3) is 0.533. The minimum Gasteiger partial charge on any atom is -0.327 e. The molecule has 0 radical (unpaired) electrons. The van der Waals surface area contributed by atoms with Crippen molar-refractivity contribution in [3.63, 3.8) is 0 Å². The highest BCUT2D eigenvalue weighted by atomic mass is 15.4. The minimum atomic E-state index is 0.171. The normalized spacial score (nSPS) is 12.7. The van der Waals surface area contributed by atoms with E-state index in [1.807, 2.05) is 24.0 Å². The van der Waals surface area contributed by atoms with E-state index >= 15 is 0 Å². The lowest BCUT2D eigenvalue weighted by Crippen LogP contribution is -2.21. The Balaban J connectivity index is 2.26. The van der Waals surface area contributed by atoms with Gasteiger partial charge >= 0.3 is 0 Å². The van der Waals surface area contributed by atoms with Gasteiger partial charge in [-0.15, -0.1) is 0 Å². The maximum atomic E-state index is 5.95. The molecule has 0 amide bonds. The zero-order valence-corrected chi connectivity index (χ0v) is 12.7. The highest BCUT2D eigenvalue weighted by Crippen LogP contribution is 2.16. The summed E-state index contributed by atoms with van der Waals surface area (Å²) in [6.45, 7) is 8.31. The number of nitrogens with two attached hydrogens (primary N) is 1. The minimum absolute atomic E-state index is 0.171. The molecule has 0 bridgehead atoms. The SMILES string of the molecule is CCc1c(C)nn(-c2ncc(CC(N)CC)cn2)c1C. The van der Waals surface area contributed by atoms with E-state index in [9.17, 15) is 0 Å². The van der Waals surface area contributed by atoms with Gasteiger partial charge in [-0.3, -0.25) is 0 Å². The Hall–Kier alpha value is -1.75. The molecule has 0 saturated heterocycles. The number of rotatable bonds is 5. The predicted octanol–water partition coefficient (Wildman–Crippen LogP) is 2.12. The quantitative estimate of drug-likeness (QED) is 0.906. The monoisotopic (exact) mass is 273 g/mol. The standard InChI is InChI=1S/C15H23N5/c1-5-13(16)7-12-8-17-15(18-9-12)20-11(4)14(6-2)10(3)19-20/h8-9,13H,5-7,16H2,1-4H3. The Kier molecular flexibility index (Phi) is 4.49. The summed E-state index contributed by atoms with van der Waals surface area (Å²) in [5.74, 6) is 0.624. The van der Waals surface area contributed by atoms with Crippen LogP contribution >= 0.6 is 0 Å². The van der Waals surface area contributed by atoms with E-state index in [1.54, 1.807) is 0 Å². The molecule has 2 N–H and O–H groups in total. The van der Waals surface area contributed by atoms with E-state index in [1.165, 1.54) is 5.56 Å². The molecule has 0 aliphatic carbocycles. The Bertz CT molecular complexity index is 571. The molecular formula is C15H23N5. The first-order valence-corrected chi connectivity index (χ1v) is 7.18. The van der Waals surface area contributed by atoms with Crippen LogP contribution < -0.4 is 5.73 Å². The van der Waals surface area contributed by atoms with Crippen LogP contribution in [0, 0.1) is 13.8 Å². The molecular weight excluding hydrogens is 250 g/mol. The van der Waals surface area contributed by atoms with Gasteiger partial charge in [-0.25, -0.2) is 14.6 Å². The molecule has 5 nitrogen and oxygen atoms in total. The van der Waals surface area contributed by atoms with E-state index in [-0.39, 0.29) is 6.04 Å². The van der Waals surface area contributed by atoms with Gasteiger partial charge in [0.1, 0.15) is 0 Å². The lowest BCUT2D eigenvalue weighted by molar-refractivity contribution is 0.641. The van der Waals surface area contributed by atoms with Crippen molar-refractivity contribution in [2.45, 2.75) is 53.0 Å². The molecule has 1 atom stereocenters. The number of nitrogens with zero attached hydrogens (tertiary/aromatic N) is 4. The molecule has 0 aromatic carbocycles. The van der Waals surface area contributed by atoms with Gasteiger partial charge < -0.3 is 5.73 Å². The first kappa shape index (κ1) is 14.7. The smallest absolute Gasteiger partial charge is 0.250 e. The van der Waals surface area contributed by atoms with Crippen LogP contribution in [-0.4, -0.2) is 25.8 Å². The molecule has 1 unspecified atom stereocenters. The third kappa shape index (κ3) is 2.88. The van der Waals surface area contributed by atoms with Gasteiger partial charge in [0.25, 0.3) is 5.95 Å². The first-order chi connectivity index (χ1) is 9.56. The van der Waals surface area contributed by atoms with Crippen LogP contribution in [0.25, 0.3) is 5.95 Å². The maximum absolute atomic E-state index is 5.95. The summed E-state index contributed by atoms with van der Waals surface area (Å²) >= 11 is 0. The predicted molar refractivity (Wildman–Crippen MR) is 80.0 cm³/mol. The fourth-order valence-corrected chi connectivity index (χ4v) is 2.39. The molecule has 2 rings (SSSR count). The van der Waals surface area contributed by atoms with Gasteiger partial charge in [-0.2, -0.15) is 5.10 Å². The van der Waals surface area contributed by atoms with E-state index < -0.39 is 0 Å². The summed E-state index contributed by atoms with van der Waals surface area (Å²) in [4.78, 5) is 8.84. The summed E-state index contributed by atoms with van der Waals surface area (Å²) in [7, 11) is 0. The Morgan fingerprint density at radius 3 is 2.35 bits per heavy atom. The fourth-order valence-electron chi connectivity index (χ4n) is 2.39. The first-order valence-electron chi connectivity index (χ1n) is 7.18. The lowest BCUT2D eigenvalue weighted by Gasteiger charge is -2.08. The summed E-state index contributed by atoms with van der Waals surface area (Å²) in [6, 6.07) is 0.171. The van der Waals surface area contributed by atoms with Crippen LogP contribution in [0.5, 0.6) is 0 Å². The van der Waals surface area contributed by atoms with Crippen LogP contribution in [-0.2, 0) is 12.8 Å². The Labute approximate surface area is 120 Å². The van der Waals surface area contributed by atoms with E-state index in [0.717, 1.165) is 36.2 Å². The Morgan fingerprint density at radius 2 is 1.85 bits per heavy atom. The molecule has 108 valence electrons. The van der Waals surface area contributed by atoms with Gasteiger partial charge in [-0.05, 0) is 44.2 Å². The molecule has 0 saturated carbocycles. The molecule has 0 aliphatic rings. The van der Waals surface area contributed by atoms with Crippen molar-refractivity contribution in [3.05, 3.63) is 34.9 Å². The van der Waals surface area contributed by atoms with Crippen molar-refractivity contribution in [2.24, 2.45) is 5.73 Å². The third-order valence-electron chi connectivity index (χ3n) is 3.70. The number of hydrogen-bond acceptors (Lipinski definition) is 4. The second-order valence-corrected chi connectivity index (χ2v) is 5.18. The van der Waals surface area contributed by atoms with Gasteiger partial charge in [0.2, 0.25) is 0 Å². The second kappa shape index (κ2) is 6.13. The Morgan fingerprint density at radius 1 is 1.20 bits per heavy atom. The third-order valence-corrected chi connectivity index (χ3v) is 3.70. The van der Waals surface area contributed by atoms with Crippen molar-refractivity contribution in [2.75, 3.05) is 0 Å². The van der Waals surface area contributed by atoms with Crippen LogP contribution in [0.15, 0.2) is 12.4 Å². The van der Waals surface area contributed by atoms with Crippen LogP contribution in [0.1, 0.15) is 42.8 Å². The molecule has 5 heteroatoms. The van der Waals surface area contributed by atoms with Crippen molar-refractivity contribution < 1.29 is 0 Å².